The largest absolute Gasteiger partial charge is 0.287 e. The zero-order chi connectivity index (χ0) is 19.3. The van der Waals surface area contributed by atoms with Gasteiger partial charge in [-0.3, -0.25) is 0 Å². The number of benzene rings is 3. The minimum Gasteiger partial charge on any atom is -0.231 e. The fraction of sp³-hybridized carbons (Fsp3) is 0.0870. The molecule has 2 heterocycles. The van der Waals surface area contributed by atoms with Gasteiger partial charge in [-0.2, -0.15) is 5.26 Å². The topological polar surface area (TPSA) is 40.6 Å². The van der Waals surface area contributed by atoms with E-state index >= 15 is 0 Å². The van der Waals surface area contributed by atoms with Crippen LogP contribution in [0.4, 0.5) is 0 Å². The minimum atomic E-state index is 0.884. The van der Waals surface area contributed by atoms with Crippen LogP contribution < -0.4 is 4.57 Å². The molecule has 0 aliphatic rings. The van der Waals surface area contributed by atoms with Gasteiger partial charge in [-0.05, 0) is 52.1 Å². The van der Waals surface area contributed by atoms with E-state index < -0.39 is 0 Å². The van der Waals surface area contributed by atoms with Gasteiger partial charge >= 0.3 is 0 Å². The van der Waals surface area contributed by atoms with Crippen molar-refractivity contribution < 1.29 is 4.57 Å². The van der Waals surface area contributed by atoms with E-state index in [0.717, 1.165) is 32.3 Å². The summed E-state index contributed by atoms with van der Waals surface area (Å²) in [6.45, 7) is 2.19. The van der Waals surface area contributed by atoms with Crippen molar-refractivity contribution in [2.45, 2.75) is 11.8 Å². The molecule has 0 radical (unpaired) electrons. The van der Waals surface area contributed by atoms with E-state index in [2.05, 4.69) is 59.4 Å². The number of thiocyanates is 1. The van der Waals surface area contributed by atoms with Crippen LogP contribution in [-0.2, 0) is 7.05 Å². The van der Waals surface area contributed by atoms with Crippen molar-refractivity contribution >= 4 is 54.9 Å². The minimum absolute atomic E-state index is 0.884. The number of nitrogens with zero attached hydrogens (tertiary/aromatic N) is 3. The Morgan fingerprint density at radius 2 is 1.79 bits per heavy atom. The number of hydrogen-bond donors (Lipinski definition) is 0. The summed E-state index contributed by atoms with van der Waals surface area (Å²) >= 11 is 3.00. The first kappa shape index (κ1) is 17.2. The Bertz CT molecular complexity index is 1430. The Kier molecular flexibility index (Phi) is 4.04. The maximum absolute atomic E-state index is 9.40. The maximum Gasteiger partial charge on any atom is 0.287 e. The van der Waals surface area contributed by atoms with Crippen molar-refractivity contribution in [3.63, 3.8) is 0 Å². The summed E-state index contributed by atoms with van der Waals surface area (Å²) in [7, 11) is 2.04. The lowest BCUT2D eigenvalue weighted by atomic mass is 10.0. The normalized spacial score (nSPS) is 11.3. The van der Waals surface area contributed by atoms with E-state index in [1.165, 1.54) is 32.3 Å². The van der Waals surface area contributed by atoms with Gasteiger partial charge in [0.25, 0.3) is 6.33 Å². The number of rotatable bonds is 2. The number of thiophene rings is 1. The van der Waals surface area contributed by atoms with E-state index in [0.29, 0.717) is 0 Å². The van der Waals surface area contributed by atoms with E-state index in [4.69, 9.17) is 4.98 Å². The summed E-state index contributed by atoms with van der Waals surface area (Å²) in [6, 6.07) is 18.9. The second kappa shape index (κ2) is 6.59. The van der Waals surface area contributed by atoms with Gasteiger partial charge in [0, 0.05) is 10.1 Å². The molecular formula is C23H16N3S2+. The number of thioether (sulfide) groups is 1. The molecule has 0 aliphatic carbocycles. The molecule has 3 nitrogen and oxygen atoms in total. The lowest BCUT2D eigenvalue weighted by Crippen LogP contribution is -2.31. The van der Waals surface area contributed by atoms with Crippen LogP contribution in [0.15, 0.2) is 65.8 Å². The monoisotopic (exact) mass is 398 g/mol. The maximum atomic E-state index is 9.40. The van der Waals surface area contributed by atoms with Gasteiger partial charge in [-0.1, -0.05) is 42.5 Å². The van der Waals surface area contributed by atoms with E-state index in [9.17, 15) is 5.26 Å². The molecule has 0 bridgehead atoms. The highest BCUT2D eigenvalue weighted by molar-refractivity contribution is 8.04. The van der Waals surface area contributed by atoms with Gasteiger partial charge in [0.15, 0.2) is 5.69 Å². The lowest BCUT2D eigenvalue weighted by molar-refractivity contribution is -0.662. The smallest absolute Gasteiger partial charge is 0.231 e. The molecule has 0 saturated heterocycles. The van der Waals surface area contributed by atoms with Crippen LogP contribution in [0.3, 0.4) is 0 Å². The third kappa shape index (κ3) is 2.50. The third-order valence-electron chi connectivity index (χ3n) is 5.15. The van der Waals surface area contributed by atoms with Crippen LogP contribution in [0.2, 0.25) is 0 Å². The predicted octanol–water partition coefficient (Wildman–Crippen LogP) is 5.98. The van der Waals surface area contributed by atoms with Gasteiger partial charge in [-0.25, -0.2) is 4.57 Å². The van der Waals surface area contributed by atoms with Crippen LogP contribution in [0.25, 0.3) is 42.3 Å². The van der Waals surface area contributed by atoms with Crippen LogP contribution in [0.5, 0.6) is 0 Å². The van der Waals surface area contributed by atoms with E-state index in [1.54, 1.807) is 0 Å². The second-order valence-corrected chi connectivity index (χ2v) is 8.62. The zero-order valence-electron chi connectivity index (χ0n) is 15.4. The van der Waals surface area contributed by atoms with Crippen LogP contribution in [0.1, 0.15) is 5.56 Å². The Morgan fingerprint density at radius 1 is 1.04 bits per heavy atom. The molecule has 0 fully saturated rings. The summed E-state index contributed by atoms with van der Waals surface area (Å²) in [5.41, 5.74) is 3.32. The van der Waals surface area contributed by atoms with Crippen molar-refractivity contribution in [1.82, 2.24) is 4.98 Å². The summed E-state index contributed by atoms with van der Waals surface area (Å²) in [5.74, 6) is 0. The standard InChI is InChI=1S/C23H16N3S2/c1-14-16-8-5-6-10-19(16)28-22(14)21-18-11-15-7-3-4-9-17(15)23(27-12-24)20(18)25-13-26(21)2/h3-11,13H,1-2H3/q+1. The number of nitriles is 1. The highest BCUT2D eigenvalue weighted by atomic mass is 32.2. The van der Waals surface area contributed by atoms with Crippen molar-refractivity contribution in [2.24, 2.45) is 7.05 Å². The molecule has 0 aliphatic heterocycles. The van der Waals surface area contributed by atoms with Gasteiger partial charge in [0.05, 0.1) is 22.2 Å². The molecule has 5 aromatic rings. The Balaban J connectivity index is 1.95. The predicted molar refractivity (Wildman–Crippen MR) is 117 cm³/mol. The molecule has 0 atom stereocenters. The first-order valence-corrected chi connectivity index (χ1v) is 10.6. The van der Waals surface area contributed by atoms with Crippen molar-refractivity contribution in [3.05, 3.63) is 66.5 Å². The Hall–Kier alpha value is -2.94. The zero-order valence-corrected chi connectivity index (χ0v) is 17.1. The van der Waals surface area contributed by atoms with Crippen LogP contribution >= 0.6 is 23.1 Å². The molecule has 5 heteroatoms. The number of aromatic nitrogens is 2. The lowest BCUT2D eigenvalue weighted by Gasteiger charge is -2.09. The van der Waals surface area contributed by atoms with Crippen molar-refractivity contribution in [2.75, 3.05) is 0 Å². The summed E-state index contributed by atoms with van der Waals surface area (Å²) in [6.07, 6.45) is 1.86. The molecule has 0 N–H and O–H groups in total. The van der Waals surface area contributed by atoms with Crippen LogP contribution in [-0.4, -0.2) is 4.98 Å². The average molecular weight is 399 g/mol. The molecular weight excluding hydrogens is 382 g/mol. The highest BCUT2D eigenvalue weighted by Crippen LogP contribution is 2.42. The van der Waals surface area contributed by atoms with Gasteiger partial charge < -0.3 is 0 Å². The van der Waals surface area contributed by atoms with Crippen LogP contribution in [0, 0.1) is 17.6 Å². The quantitative estimate of drug-likeness (QED) is 0.159. The second-order valence-electron chi connectivity index (χ2n) is 6.77. The van der Waals surface area contributed by atoms with E-state index in [1.807, 2.05) is 36.8 Å². The van der Waals surface area contributed by atoms with Crippen molar-refractivity contribution in [3.8, 4) is 16.0 Å². The first-order valence-electron chi connectivity index (χ1n) is 8.93. The van der Waals surface area contributed by atoms with E-state index in [-0.39, 0.29) is 0 Å². The third-order valence-corrected chi connectivity index (χ3v) is 7.14. The molecule has 28 heavy (non-hydrogen) atoms. The molecule has 3 aromatic carbocycles. The van der Waals surface area contributed by atoms with Crippen molar-refractivity contribution in [1.29, 1.82) is 5.26 Å². The summed E-state index contributed by atoms with van der Waals surface area (Å²) in [4.78, 5) is 6.89. The fourth-order valence-corrected chi connectivity index (χ4v) is 5.79. The van der Waals surface area contributed by atoms with Gasteiger partial charge in [0.2, 0.25) is 5.52 Å². The SMILES string of the molecule is Cc1c(-c2c3cc4ccccc4c(SC#N)c3nc[n+]2C)sc2ccccc12. The molecule has 0 spiro atoms. The molecule has 0 saturated carbocycles. The molecule has 5 rings (SSSR count). The number of hydrogen-bond acceptors (Lipinski definition) is 4. The first-order chi connectivity index (χ1) is 13.7. The Labute approximate surface area is 170 Å². The average Bonchev–Trinajstić information content (AvgIpc) is 3.04. The van der Waals surface area contributed by atoms with Gasteiger partial charge in [-0.15, -0.1) is 11.3 Å². The summed E-state index contributed by atoms with van der Waals surface area (Å²) < 4.78 is 3.38. The highest BCUT2D eigenvalue weighted by Gasteiger charge is 2.23. The molecule has 0 unspecified atom stereocenters. The molecule has 0 amide bonds. The number of fused-ring (bicyclic) bond motifs is 3. The molecule has 134 valence electrons. The molecule has 2 aromatic heterocycles. The fourth-order valence-electron chi connectivity index (χ4n) is 3.84. The number of aryl methyl sites for hydroxylation is 2. The Morgan fingerprint density at radius 3 is 2.57 bits per heavy atom. The van der Waals surface area contributed by atoms with Gasteiger partial charge in [0.1, 0.15) is 5.40 Å². The summed E-state index contributed by atoms with van der Waals surface area (Å²) in [5, 5.41) is 16.2.